The first-order valence-corrected chi connectivity index (χ1v) is 7.95. The highest BCUT2D eigenvalue weighted by atomic mass is 35.5. The third-order valence-electron chi connectivity index (χ3n) is 3.51. The lowest BCUT2D eigenvalue weighted by Crippen LogP contribution is -2.24. The van der Waals surface area contributed by atoms with Crippen molar-refractivity contribution in [2.75, 3.05) is 10.6 Å². The van der Waals surface area contributed by atoms with Crippen molar-refractivity contribution in [2.24, 2.45) is 0 Å². The molecule has 23 heavy (non-hydrogen) atoms. The number of nitrogens with one attached hydrogen (secondary N) is 2. The number of anilines is 2. The highest BCUT2D eigenvalue weighted by Crippen LogP contribution is 2.26. The largest absolute Gasteiger partial charge is 0.342 e. The van der Waals surface area contributed by atoms with Gasteiger partial charge in [0.05, 0.1) is 10.7 Å². The molecule has 2 N–H and O–H groups in total. The number of hydrogen-bond acceptors (Lipinski definition) is 2. The van der Waals surface area contributed by atoms with E-state index in [9.17, 15) is 9.59 Å². The van der Waals surface area contributed by atoms with E-state index in [0.29, 0.717) is 29.2 Å². The zero-order valence-corrected chi connectivity index (χ0v) is 13.9. The minimum Gasteiger partial charge on any atom is -0.342 e. The number of hydrogen-bond donors (Lipinski definition) is 2. The van der Waals surface area contributed by atoms with Crippen molar-refractivity contribution in [1.82, 2.24) is 4.57 Å². The zero-order valence-electron chi connectivity index (χ0n) is 13.2. The van der Waals surface area contributed by atoms with E-state index >= 15 is 0 Å². The Morgan fingerprint density at radius 1 is 1.17 bits per heavy atom. The van der Waals surface area contributed by atoms with Gasteiger partial charge in [-0.2, -0.15) is 0 Å². The summed E-state index contributed by atoms with van der Waals surface area (Å²) in [4.78, 5) is 23.8. The summed E-state index contributed by atoms with van der Waals surface area (Å²) in [5, 5.41) is 5.96. The van der Waals surface area contributed by atoms with Gasteiger partial charge in [0.25, 0.3) is 0 Å². The molecule has 0 bridgehead atoms. The molecule has 0 aliphatic heterocycles. The molecule has 1 atom stereocenters. The second-order valence-corrected chi connectivity index (χ2v) is 5.55. The van der Waals surface area contributed by atoms with Gasteiger partial charge in [-0.1, -0.05) is 25.4 Å². The van der Waals surface area contributed by atoms with E-state index in [1.165, 1.54) is 0 Å². The van der Waals surface area contributed by atoms with Crippen LogP contribution in [0.25, 0.3) is 0 Å². The Balaban J connectivity index is 2.09. The van der Waals surface area contributed by atoms with Crippen LogP contribution < -0.4 is 10.6 Å². The van der Waals surface area contributed by atoms with Crippen molar-refractivity contribution in [3.05, 3.63) is 47.7 Å². The lowest BCUT2D eigenvalue weighted by Gasteiger charge is -2.17. The lowest BCUT2D eigenvalue weighted by atomic mass is 10.2. The Morgan fingerprint density at radius 3 is 2.43 bits per heavy atom. The molecule has 6 heteroatoms. The van der Waals surface area contributed by atoms with Crippen molar-refractivity contribution < 1.29 is 9.59 Å². The van der Waals surface area contributed by atoms with Crippen LogP contribution in [-0.4, -0.2) is 16.4 Å². The maximum atomic E-state index is 12.4. The molecule has 1 aromatic heterocycles. The summed E-state index contributed by atoms with van der Waals surface area (Å²) < 4.78 is 1.87. The van der Waals surface area contributed by atoms with Crippen LogP contribution in [0.1, 0.15) is 32.7 Å². The quantitative estimate of drug-likeness (QED) is 0.836. The van der Waals surface area contributed by atoms with Gasteiger partial charge in [0.15, 0.2) is 0 Å². The van der Waals surface area contributed by atoms with Gasteiger partial charge in [0.2, 0.25) is 11.8 Å². The van der Waals surface area contributed by atoms with E-state index in [-0.39, 0.29) is 17.9 Å². The van der Waals surface area contributed by atoms with Gasteiger partial charge >= 0.3 is 0 Å². The molecule has 5 nitrogen and oxygen atoms in total. The summed E-state index contributed by atoms with van der Waals surface area (Å²) >= 11 is 6.16. The Labute approximate surface area is 140 Å². The normalized spacial score (nSPS) is 11.8. The predicted octanol–water partition coefficient (Wildman–Crippen LogP) is 4.08. The van der Waals surface area contributed by atoms with Crippen molar-refractivity contribution in [3.8, 4) is 0 Å². The Hall–Kier alpha value is -2.27. The second-order valence-electron chi connectivity index (χ2n) is 5.14. The number of benzene rings is 1. The number of nitrogens with zero attached hydrogens (tertiary/aromatic N) is 1. The molecule has 0 saturated heterocycles. The minimum absolute atomic E-state index is 0.106. The van der Waals surface area contributed by atoms with E-state index in [0.717, 1.165) is 0 Å². The summed E-state index contributed by atoms with van der Waals surface area (Å²) in [5.41, 5.74) is 1.13. The molecular formula is C17H20ClN3O2. The van der Waals surface area contributed by atoms with Gasteiger partial charge in [-0.05, 0) is 36.8 Å². The fourth-order valence-corrected chi connectivity index (χ4v) is 2.47. The molecule has 2 amide bonds. The second kappa shape index (κ2) is 7.83. The molecule has 122 valence electrons. The topological polar surface area (TPSA) is 63.1 Å². The van der Waals surface area contributed by atoms with Crippen LogP contribution in [0.5, 0.6) is 0 Å². The molecule has 1 heterocycles. The number of rotatable bonds is 6. The van der Waals surface area contributed by atoms with E-state index in [2.05, 4.69) is 10.6 Å². The molecule has 0 unspecified atom stereocenters. The summed E-state index contributed by atoms with van der Waals surface area (Å²) in [6, 6.07) is 8.53. The Morgan fingerprint density at radius 2 is 1.87 bits per heavy atom. The fourth-order valence-electron chi connectivity index (χ4n) is 2.25. The first-order chi connectivity index (χ1) is 11.0. The maximum Gasteiger partial charge on any atom is 0.247 e. The number of halogens is 1. The van der Waals surface area contributed by atoms with Crippen LogP contribution in [-0.2, 0) is 9.59 Å². The van der Waals surface area contributed by atoms with Crippen LogP contribution in [0.3, 0.4) is 0 Å². The third kappa shape index (κ3) is 4.36. The van der Waals surface area contributed by atoms with Gasteiger partial charge < -0.3 is 15.2 Å². The lowest BCUT2D eigenvalue weighted by molar-refractivity contribution is -0.119. The number of amides is 2. The molecule has 0 fully saturated rings. The smallest absolute Gasteiger partial charge is 0.247 e. The van der Waals surface area contributed by atoms with Crippen molar-refractivity contribution in [3.63, 3.8) is 0 Å². The van der Waals surface area contributed by atoms with E-state index in [4.69, 9.17) is 11.6 Å². The van der Waals surface area contributed by atoms with Gasteiger partial charge in [0, 0.05) is 24.5 Å². The molecule has 0 spiro atoms. The minimum atomic E-state index is -0.275. The number of carbonyl (C=O) groups excluding carboxylic acids is 2. The molecule has 0 aliphatic rings. The van der Waals surface area contributed by atoms with Gasteiger partial charge in [0.1, 0.15) is 6.04 Å². The van der Waals surface area contributed by atoms with E-state index < -0.39 is 0 Å². The van der Waals surface area contributed by atoms with Crippen molar-refractivity contribution in [2.45, 2.75) is 32.7 Å². The average Bonchev–Trinajstić information content (AvgIpc) is 3.04. The summed E-state index contributed by atoms with van der Waals surface area (Å²) in [7, 11) is 0. The van der Waals surface area contributed by atoms with Crippen LogP contribution in [0.4, 0.5) is 11.4 Å². The molecule has 0 saturated carbocycles. The van der Waals surface area contributed by atoms with Crippen LogP contribution >= 0.6 is 11.6 Å². The van der Waals surface area contributed by atoms with Crippen LogP contribution in [0, 0.1) is 0 Å². The Kier molecular flexibility index (Phi) is 5.82. The molecule has 2 rings (SSSR count). The highest BCUT2D eigenvalue weighted by Gasteiger charge is 2.18. The fraction of sp³-hybridized carbons (Fsp3) is 0.294. The standard InChI is InChI=1S/C17H20ClN3O2/c1-3-15(21-9-5-6-10-21)17(23)19-12-7-8-14(13(18)11-12)20-16(22)4-2/h5-11,15H,3-4H2,1-2H3,(H,19,23)(H,20,22)/t15-/m1/s1. The highest BCUT2D eigenvalue weighted by molar-refractivity contribution is 6.34. The van der Waals surface area contributed by atoms with Crippen LogP contribution in [0.2, 0.25) is 5.02 Å². The average molecular weight is 334 g/mol. The van der Waals surface area contributed by atoms with Gasteiger partial charge in [-0.3, -0.25) is 9.59 Å². The predicted molar refractivity (Wildman–Crippen MR) is 92.8 cm³/mol. The summed E-state index contributed by atoms with van der Waals surface area (Å²) in [6.45, 7) is 3.73. The molecule has 0 radical (unpaired) electrons. The molecular weight excluding hydrogens is 314 g/mol. The van der Waals surface area contributed by atoms with Crippen LogP contribution in [0.15, 0.2) is 42.7 Å². The third-order valence-corrected chi connectivity index (χ3v) is 3.82. The molecule has 2 aromatic rings. The first-order valence-electron chi connectivity index (χ1n) is 7.57. The number of carbonyl (C=O) groups is 2. The monoisotopic (exact) mass is 333 g/mol. The summed E-state index contributed by atoms with van der Waals surface area (Å²) in [5.74, 6) is -0.215. The van der Waals surface area contributed by atoms with Gasteiger partial charge in [-0.15, -0.1) is 0 Å². The number of aromatic nitrogens is 1. The van der Waals surface area contributed by atoms with Crippen molar-refractivity contribution in [1.29, 1.82) is 0 Å². The zero-order chi connectivity index (χ0) is 16.8. The molecule has 0 aliphatic carbocycles. The van der Waals surface area contributed by atoms with E-state index in [1.807, 2.05) is 36.0 Å². The SMILES string of the molecule is CCC(=O)Nc1ccc(NC(=O)[C@@H](CC)n2cccc2)cc1Cl. The molecule has 1 aromatic carbocycles. The van der Waals surface area contributed by atoms with Crippen molar-refractivity contribution >= 4 is 34.8 Å². The first kappa shape index (κ1) is 17.1. The summed E-state index contributed by atoms with van der Waals surface area (Å²) in [6.07, 6.45) is 4.79. The Bertz CT molecular complexity index is 683. The van der Waals surface area contributed by atoms with E-state index in [1.54, 1.807) is 25.1 Å². The maximum absolute atomic E-state index is 12.4. The van der Waals surface area contributed by atoms with Gasteiger partial charge in [-0.25, -0.2) is 0 Å².